The van der Waals surface area contributed by atoms with E-state index in [2.05, 4.69) is 10.6 Å². The fourth-order valence-electron chi connectivity index (χ4n) is 2.84. The van der Waals surface area contributed by atoms with Gasteiger partial charge in [0.05, 0.1) is 6.04 Å². The zero-order chi connectivity index (χ0) is 16.1. The summed E-state index contributed by atoms with van der Waals surface area (Å²) in [4.78, 5) is 12.0. The number of aliphatic hydroxyl groups is 1. The molecule has 2 rings (SSSR count). The number of rotatable bonds is 4. The van der Waals surface area contributed by atoms with Gasteiger partial charge in [0.1, 0.15) is 11.6 Å². The number of benzene rings is 1. The molecule has 0 bridgehead atoms. The van der Waals surface area contributed by atoms with Gasteiger partial charge in [-0.15, -0.1) is 0 Å². The molecule has 1 aliphatic rings. The molecule has 0 spiro atoms. The first kappa shape index (κ1) is 16.7. The number of nitrogens with one attached hydrogen (secondary N) is 2. The predicted octanol–water partition coefficient (Wildman–Crippen LogP) is 2.88. The summed E-state index contributed by atoms with van der Waals surface area (Å²) in [6.45, 7) is 1.85. The molecule has 122 valence electrons. The topological polar surface area (TPSA) is 61.4 Å². The van der Waals surface area contributed by atoms with Crippen molar-refractivity contribution < 1.29 is 18.7 Å². The van der Waals surface area contributed by atoms with E-state index in [0.29, 0.717) is 5.92 Å². The number of amides is 2. The van der Waals surface area contributed by atoms with Crippen LogP contribution in [-0.2, 0) is 0 Å². The number of aliphatic hydroxyl groups excluding tert-OH is 1. The second-order valence-corrected chi connectivity index (χ2v) is 5.91. The Hall–Kier alpha value is -1.69. The average molecular weight is 312 g/mol. The molecule has 2 amide bonds. The molecule has 0 radical (unpaired) electrons. The molecule has 6 heteroatoms. The van der Waals surface area contributed by atoms with E-state index in [9.17, 15) is 13.6 Å². The van der Waals surface area contributed by atoms with Crippen LogP contribution >= 0.6 is 0 Å². The van der Waals surface area contributed by atoms with Gasteiger partial charge in [0.15, 0.2) is 0 Å². The van der Waals surface area contributed by atoms with Gasteiger partial charge in [0.2, 0.25) is 0 Å². The third-order valence-corrected chi connectivity index (χ3v) is 4.22. The molecule has 3 N–H and O–H groups in total. The minimum atomic E-state index is -0.670. The van der Waals surface area contributed by atoms with Crippen molar-refractivity contribution in [3.63, 3.8) is 0 Å². The van der Waals surface area contributed by atoms with Crippen molar-refractivity contribution in [2.45, 2.75) is 44.7 Å². The highest BCUT2D eigenvalue weighted by Gasteiger charge is 2.22. The summed E-state index contributed by atoms with van der Waals surface area (Å²) < 4.78 is 26.5. The van der Waals surface area contributed by atoms with Crippen molar-refractivity contribution >= 4 is 6.03 Å². The molecule has 1 atom stereocenters. The summed E-state index contributed by atoms with van der Waals surface area (Å²) in [5, 5.41) is 14.6. The smallest absolute Gasteiger partial charge is 0.315 e. The number of carbonyl (C=O) groups is 1. The van der Waals surface area contributed by atoms with E-state index < -0.39 is 17.7 Å². The highest BCUT2D eigenvalue weighted by atomic mass is 19.1. The van der Waals surface area contributed by atoms with Gasteiger partial charge in [0, 0.05) is 24.3 Å². The Labute approximate surface area is 128 Å². The fraction of sp³-hybridized carbons (Fsp3) is 0.562. The van der Waals surface area contributed by atoms with Crippen molar-refractivity contribution in [1.82, 2.24) is 10.6 Å². The Kier molecular flexibility index (Phi) is 5.71. The largest absolute Gasteiger partial charge is 0.396 e. The molecule has 0 saturated heterocycles. The van der Waals surface area contributed by atoms with Gasteiger partial charge >= 0.3 is 6.03 Å². The molecule has 0 aliphatic heterocycles. The summed E-state index contributed by atoms with van der Waals surface area (Å²) in [5.74, 6) is -0.983. The summed E-state index contributed by atoms with van der Waals surface area (Å²) >= 11 is 0. The van der Waals surface area contributed by atoms with Gasteiger partial charge in [-0.25, -0.2) is 13.6 Å². The van der Waals surface area contributed by atoms with Crippen LogP contribution in [0, 0.1) is 17.6 Å². The number of hydrogen-bond donors (Lipinski definition) is 3. The molecule has 1 aromatic carbocycles. The lowest BCUT2D eigenvalue weighted by atomic mass is 9.87. The normalized spacial score (nSPS) is 22.9. The van der Waals surface area contributed by atoms with Gasteiger partial charge in [-0.3, -0.25) is 0 Å². The van der Waals surface area contributed by atoms with Crippen LogP contribution in [-0.4, -0.2) is 23.8 Å². The molecule has 1 saturated carbocycles. The molecule has 4 nitrogen and oxygen atoms in total. The number of carbonyl (C=O) groups excluding carboxylic acids is 1. The lowest BCUT2D eigenvalue weighted by Crippen LogP contribution is -2.44. The van der Waals surface area contributed by atoms with E-state index in [1.54, 1.807) is 6.92 Å². The van der Waals surface area contributed by atoms with Crippen LogP contribution in [0.15, 0.2) is 18.2 Å². The third-order valence-electron chi connectivity index (χ3n) is 4.22. The number of urea groups is 1. The summed E-state index contributed by atoms with van der Waals surface area (Å²) in [6, 6.07) is 2.49. The van der Waals surface area contributed by atoms with Crippen LogP contribution in [0.2, 0.25) is 0 Å². The van der Waals surface area contributed by atoms with Crippen LogP contribution in [0.1, 0.15) is 44.2 Å². The zero-order valence-electron chi connectivity index (χ0n) is 12.6. The summed E-state index contributed by atoms with van der Waals surface area (Å²) in [5.41, 5.74) is 0.250. The third kappa shape index (κ3) is 4.40. The zero-order valence-corrected chi connectivity index (χ0v) is 12.6. The summed E-state index contributed by atoms with van der Waals surface area (Å²) in [6.07, 6.45) is 3.45. The molecule has 0 aromatic heterocycles. The van der Waals surface area contributed by atoms with Gasteiger partial charge in [-0.2, -0.15) is 0 Å². The molecule has 0 heterocycles. The number of hydrogen-bond acceptors (Lipinski definition) is 2. The Bertz CT molecular complexity index is 517. The van der Waals surface area contributed by atoms with Crippen LogP contribution in [0.25, 0.3) is 0 Å². The van der Waals surface area contributed by atoms with Crippen molar-refractivity contribution in [3.05, 3.63) is 35.4 Å². The summed E-state index contributed by atoms with van der Waals surface area (Å²) in [7, 11) is 0. The van der Waals surface area contributed by atoms with Gasteiger partial charge in [-0.1, -0.05) is 6.07 Å². The lowest BCUT2D eigenvalue weighted by Gasteiger charge is -2.28. The maximum Gasteiger partial charge on any atom is 0.315 e. The monoisotopic (exact) mass is 312 g/mol. The predicted molar refractivity (Wildman–Crippen MR) is 79.3 cm³/mol. The highest BCUT2D eigenvalue weighted by molar-refractivity contribution is 5.74. The Morgan fingerprint density at radius 2 is 2.00 bits per heavy atom. The molecule has 1 aromatic rings. The quantitative estimate of drug-likeness (QED) is 0.800. The molecule has 1 fully saturated rings. The van der Waals surface area contributed by atoms with Crippen molar-refractivity contribution in [3.8, 4) is 0 Å². The number of halogens is 2. The molecule has 22 heavy (non-hydrogen) atoms. The lowest BCUT2D eigenvalue weighted by molar-refractivity contribution is 0.174. The van der Waals surface area contributed by atoms with Gasteiger partial charge < -0.3 is 15.7 Å². The Morgan fingerprint density at radius 3 is 2.59 bits per heavy atom. The Balaban J connectivity index is 1.84. The van der Waals surface area contributed by atoms with Gasteiger partial charge in [-0.05, 0) is 44.6 Å². The standard InChI is InChI=1S/C16H22F2N2O2/c1-10(14-7-4-12(17)8-15(14)18)19-16(22)20-13-5-2-11(9-21)3-6-13/h4,7-8,10-11,13,21H,2-3,5-6,9H2,1H3,(H2,19,20,22). The van der Waals surface area contributed by atoms with E-state index >= 15 is 0 Å². The first-order valence-electron chi connectivity index (χ1n) is 7.62. The van der Waals surface area contributed by atoms with Gasteiger partial charge in [0.25, 0.3) is 0 Å². The minimum Gasteiger partial charge on any atom is -0.396 e. The second kappa shape index (κ2) is 7.54. The van der Waals surface area contributed by atoms with Crippen LogP contribution < -0.4 is 10.6 Å². The van der Waals surface area contributed by atoms with E-state index in [1.165, 1.54) is 12.1 Å². The van der Waals surface area contributed by atoms with Crippen LogP contribution in [0.3, 0.4) is 0 Å². The van der Waals surface area contributed by atoms with Crippen molar-refractivity contribution in [2.75, 3.05) is 6.61 Å². The van der Waals surface area contributed by atoms with Crippen LogP contribution in [0.5, 0.6) is 0 Å². The van der Waals surface area contributed by atoms with Crippen LogP contribution in [0.4, 0.5) is 13.6 Å². The molecule has 1 aliphatic carbocycles. The van der Waals surface area contributed by atoms with Crippen molar-refractivity contribution in [1.29, 1.82) is 0 Å². The SMILES string of the molecule is CC(NC(=O)NC1CCC(CO)CC1)c1ccc(F)cc1F. The maximum atomic E-state index is 13.7. The second-order valence-electron chi connectivity index (χ2n) is 5.91. The maximum absolute atomic E-state index is 13.7. The highest BCUT2D eigenvalue weighted by Crippen LogP contribution is 2.24. The first-order chi connectivity index (χ1) is 10.5. The van der Waals surface area contributed by atoms with Crippen molar-refractivity contribution in [2.24, 2.45) is 5.92 Å². The van der Waals surface area contributed by atoms with E-state index in [0.717, 1.165) is 31.7 Å². The van der Waals surface area contributed by atoms with E-state index in [4.69, 9.17) is 5.11 Å². The van der Waals surface area contributed by atoms with E-state index in [-0.39, 0.29) is 24.2 Å². The average Bonchev–Trinajstić information content (AvgIpc) is 2.47. The fourth-order valence-corrected chi connectivity index (χ4v) is 2.84. The first-order valence-corrected chi connectivity index (χ1v) is 7.62. The molecular weight excluding hydrogens is 290 g/mol. The minimum absolute atomic E-state index is 0.0769. The van der Waals surface area contributed by atoms with E-state index in [1.807, 2.05) is 0 Å². The Morgan fingerprint density at radius 1 is 1.32 bits per heavy atom. The molecular formula is C16H22F2N2O2. The molecule has 1 unspecified atom stereocenters.